The van der Waals surface area contributed by atoms with Crippen LogP contribution in [0.4, 0.5) is 13.2 Å². The molecule has 2 aromatic heterocycles. The van der Waals surface area contributed by atoms with Gasteiger partial charge >= 0.3 is 6.18 Å². The van der Waals surface area contributed by atoms with Crippen LogP contribution in [0.5, 0.6) is 0 Å². The Kier molecular flexibility index (Phi) is 5.38. The maximum Gasteiger partial charge on any atom is 0.433 e. The Bertz CT molecular complexity index is 840. The molecule has 0 saturated heterocycles. The summed E-state index contributed by atoms with van der Waals surface area (Å²) in [5.41, 5.74) is -0.660. The number of fused-ring (bicyclic) bond motifs is 1. The summed E-state index contributed by atoms with van der Waals surface area (Å²) in [4.78, 5) is 12.4. The average molecular weight is 448 g/mol. The van der Waals surface area contributed by atoms with E-state index >= 15 is 0 Å². The summed E-state index contributed by atoms with van der Waals surface area (Å²) < 4.78 is 43.5. The van der Waals surface area contributed by atoms with Crippen LogP contribution in [0.2, 0.25) is 0 Å². The highest BCUT2D eigenvalue weighted by Gasteiger charge is 2.40. The molecular weight excluding hydrogens is 427 g/mol. The summed E-state index contributed by atoms with van der Waals surface area (Å²) in [5.74, 6) is -0.253. The van der Waals surface area contributed by atoms with Gasteiger partial charge in [-0.05, 0) is 55.5 Å². The third-order valence-electron chi connectivity index (χ3n) is 4.75. The third kappa shape index (κ3) is 4.04. The van der Waals surface area contributed by atoms with Gasteiger partial charge in [-0.15, -0.1) is 0 Å². The number of aromatic nitrogens is 4. The minimum atomic E-state index is -4.41. The fourth-order valence-corrected chi connectivity index (χ4v) is 3.57. The monoisotopic (exact) mass is 447 g/mol. The number of halogens is 4. The van der Waals surface area contributed by atoms with E-state index in [0.29, 0.717) is 30.5 Å². The van der Waals surface area contributed by atoms with E-state index < -0.39 is 17.4 Å². The molecule has 2 heterocycles. The van der Waals surface area contributed by atoms with Crippen molar-refractivity contribution in [3.63, 3.8) is 0 Å². The van der Waals surface area contributed by atoms with E-state index in [1.165, 1.54) is 4.68 Å². The lowest BCUT2D eigenvalue weighted by atomic mass is 10.1. The zero-order valence-corrected chi connectivity index (χ0v) is 16.7. The van der Waals surface area contributed by atoms with Crippen LogP contribution in [0, 0.1) is 0 Å². The molecule has 0 bridgehead atoms. The van der Waals surface area contributed by atoms with E-state index in [0.717, 1.165) is 15.6 Å². The molecule has 0 saturated carbocycles. The lowest BCUT2D eigenvalue weighted by Crippen LogP contribution is -2.45. The summed E-state index contributed by atoms with van der Waals surface area (Å²) in [6.45, 7) is 3.81. The average Bonchev–Trinajstić information content (AvgIpc) is 3.25. The number of aryl methyl sites for hydroxylation is 2. The number of hydrogen-bond acceptors (Lipinski definition) is 3. The van der Waals surface area contributed by atoms with Gasteiger partial charge in [0.15, 0.2) is 0 Å². The quantitative estimate of drug-likeness (QED) is 0.690. The summed E-state index contributed by atoms with van der Waals surface area (Å²) in [6, 6.07) is 0. The molecule has 1 N–H and O–H groups in total. The molecular formula is C17H21BrF3N5O. The summed E-state index contributed by atoms with van der Waals surface area (Å²) in [6.07, 6.45) is 0.962. The van der Waals surface area contributed by atoms with Crippen molar-refractivity contribution in [3.05, 3.63) is 33.8 Å². The van der Waals surface area contributed by atoms with Gasteiger partial charge in [-0.1, -0.05) is 0 Å². The number of carbonyl (C=O) groups excluding carboxylic acids is 1. The van der Waals surface area contributed by atoms with Gasteiger partial charge in [-0.3, -0.25) is 14.2 Å². The van der Waals surface area contributed by atoms with E-state index in [-0.39, 0.29) is 19.0 Å². The van der Waals surface area contributed by atoms with Gasteiger partial charge in [0, 0.05) is 24.8 Å². The predicted octanol–water partition coefficient (Wildman–Crippen LogP) is 3.29. The molecule has 0 aliphatic heterocycles. The van der Waals surface area contributed by atoms with Crippen molar-refractivity contribution < 1.29 is 18.0 Å². The number of alkyl halides is 3. The molecule has 0 unspecified atom stereocenters. The molecule has 0 atom stereocenters. The SMILES string of the molecule is CC(C)(C(=O)NCCCn1nc2c(c1C(F)(F)F)CCC2)n1cc(Br)cn1. The second-order valence-corrected chi connectivity index (χ2v) is 8.04. The second kappa shape index (κ2) is 7.29. The molecule has 1 aliphatic rings. The van der Waals surface area contributed by atoms with Crippen molar-refractivity contribution in [2.75, 3.05) is 6.54 Å². The van der Waals surface area contributed by atoms with Crippen LogP contribution in [0.15, 0.2) is 16.9 Å². The highest BCUT2D eigenvalue weighted by molar-refractivity contribution is 9.10. The molecule has 2 aromatic rings. The van der Waals surface area contributed by atoms with Gasteiger partial charge in [0.05, 0.1) is 16.4 Å². The zero-order valence-electron chi connectivity index (χ0n) is 15.1. The number of nitrogens with one attached hydrogen (secondary N) is 1. The molecule has 6 nitrogen and oxygen atoms in total. The third-order valence-corrected chi connectivity index (χ3v) is 5.16. The van der Waals surface area contributed by atoms with Crippen molar-refractivity contribution in [3.8, 4) is 0 Å². The van der Waals surface area contributed by atoms with E-state index in [4.69, 9.17) is 0 Å². The van der Waals surface area contributed by atoms with Crippen LogP contribution >= 0.6 is 15.9 Å². The van der Waals surface area contributed by atoms with E-state index in [2.05, 4.69) is 31.4 Å². The first-order chi connectivity index (χ1) is 12.6. The fourth-order valence-electron chi connectivity index (χ4n) is 3.28. The van der Waals surface area contributed by atoms with Crippen LogP contribution in [0.25, 0.3) is 0 Å². The van der Waals surface area contributed by atoms with Crippen molar-refractivity contribution in [1.29, 1.82) is 0 Å². The van der Waals surface area contributed by atoms with Gasteiger partial charge in [-0.2, -0.15) is 23.4 Å². The van der Waals surface area contributed by atoms with Gasteiger partial charge in [-0.25, -0.2) is 0 Å². The predicted molar refractivity (Wildman–Crippen MR) is 96.1 cm³/mol. The number of nitrogens with zero attached hydrogens (tertiary/aromatic N) is 4. The Morgan fingerprint density at radius 3 is 2.70 bits per heavy atom. The van der Waals surface area contributed by atoms with Crippen LogP contribution < -0.4 is 5.32 Å². The molecule has 0 aromatic carbocycles. The molecule has 1 amide bonds. The minimum absolute atomic E-state index is 0.107. The van der Waals surface area contributed by atoms with Crippen LogP contribution in [-0.4, -0.2) is 32.0 Å². The van der Waals surface area contributed by atoms with Crippen molar-refractivity contribution >= 4 is 21.8 Å². The van der Waals surface area contributed by atoms with Crippen LogP contribution in [-0.2, 0) is 35.9 Å². The Morgan fingerprint density at radius 2 is 2.07 bits per heavy atom. The van der Waals surface area contributed by atoms with Crippen molar-refractivity contribution in [2.24, 2.45) is 0 Å². The van der Waals surface area contributed by atoms with Crippen molar-refractivity contribution in [2.45, 2.75) is 57.8 Å². The second-order valence-electron chi connectivity index (χ2n) is 7.12. The molecule has 10 heteroatoms. The van der Waals surface area contributed by atoms with Crippen LogP contribution in [0.3, 0.4) is 0 Å². The summed E-state index contributed by atoms with van der Waals surface area (Å²) in [7, 11) is 0. The largest absolute Gasteiger partial charge is 0.433 e. The number of hydrogen-bond donors (Lipinski definition) is 1. The zero-order chi connectivity index (χ0) is 19.8. The Labute approximate surface area is 163 Å². The topological polar surface area (TPSA) is 64.7 Å². The maximum atomic E-state index is 13.4. The van der Waals surface area contributed by atoms with Crippen molar-refractivity contribution in [1.82, 2.24) is 24.9 Å². The Morgan fingerprint density at radius 1 is 1.33 bits per heavy atom. The Balaban J connectivity index is 1.59. The van der Waals surface area contributed by atoms with Crippen LogP contribution in [0.1, 0.15) is 43.6 Å². The van der Waals surface area contributed by atoms with Gasteiger partial charge in [0.1, 0.15) is 11.2 Å². The maximum absolute atomic E-state index is 13.4. The molecule has 27 heavy (non-hydrogen) atoms. The van der Waals surface area contributed by atoms with E-state index in [9.17, 15) is 18.0 Å². The number of rotatable bonds is 6. The Hall–Kier alpha value is -1.84. The van der Waals surface area contributed by atoms with Gasteiger partial charge in [0.2, 0.25) is 5.91 Å². The molecule has 0 fully saturated rings. The normalized spacial score (nSPS) is 14.4. The first-order valence-corrected chi connectivity index (χ1v) is 9.54. The van der Waals surface area contributed by atoms with E-state index in [1.54, 1.807) is 26.2 Å². The molecule has 3 rings (SSSR count). The molecule has 0 radical (unpaired) electrons. The number of carbonyl (C=O) groups is 1. The smallest absolute Gasteiger partial charge is 0.354 e. The first-order valence-electron chi connectivity index (χ1n) is 8.75. The van der Waals surface area contributed by atoms with E-state index in [1.807, 2.05) is 0 Å². The summed E-state index contributed by atoms with van der Waals surface area (Å²) >= 11 is 3.29. The van der Waals surface area contributed by atoms with Gasteiger partial charge in [0.25, 0.3) is 0 Å². The highest BCUT2D eigenvalue weighted by Crippen LogP contribution is 2.37. The molecule has 148 valence electrons. The van der Waals surface area contributed by atoms with Gasteiger partial charge < -0.3 is 5.32 Å². The summed E-state index contributed by atoms with van der Waals surface area (Å²) in [5, 5.41) is 11.0. The first kappa shape index (κ1) is 19.9. The lowest BCUT2D eigenvalue weighted by Gasteiger charge is -2.24. The fraction of sp³-hybridized carbons (Fsp3) is 0.588. The lowest BCUT2D eigenvalue weighted by molar-refractivity contribution is -0.145. The molecule has 1 aliphatic carbocycles. The molecule has 0 spiro atoms. The minimum Gasteiger partial charge on any atom is -0.354 e. The highest BCUT2D eigenvalue weighted by atomic mass is 79.9. The number of amides is 1. The standard InChI is InChI=1S/C17H21BrF3N5O/c1-16(2,26-10-11(18)9-23-26)15(27)22-7-4-8-25-14(17(19,20)21)12-5-3-6-13(12)24-25/h9-10H,3-8H2,1-2H3,(H,22,27).